The molecule has 1 fully saturated rings. The van der Waals surface area contributed by atoms with Crippen molar-refractivity contribution in [2.75, 3.05) is 10.6 Å². The standard InChI is InChI=1S/C19H18F2N2O2/c1-12(24)22-15-7-8-16(21)17(11-15)23-18(25)19(9-2-10-19)13-3-5-14(20)6-4-13/h3-8,11H,2,9-10H2,1H3,(H,22,24)(H,23,25). The third kappa shape index (κ3) is 3.38. The van der Waals surface area contributed by atoms with Gasteiger partial charge in [-0.3, -0.25) is 9.59 Å². The van der Waals surface area contributed by atoms with Crippen molar-refractivity contribution in [3.63, 3.8) is 0 Å². The summed E-state index contributed by atoms with van der Waals surface area (Å²) in [5.74, 6) is -1.57. The van der Waals surface area contributed by atoms with Crippen LogP contribution in [0.2, 0.25) is 0 Å². The Morgan fingerprint density at radius 1 is 1.00 bits per heavy atom. The van der Waals surface area contributed by atoms with Crippen molar-refractivity contribution in [2.45, 2.75) is 31.6 Å². The van der Waals surface area contributed by atoms with E-state index in [-0.39, 0.29) is 23.3 Å². The van der Waals surface area contributed by atoms with Crippen molar-refractivity contribution < 1.29 is 18.4 Å². The zero-order valence-corrected chi connectivity index (χ0v) is 13.7. The highest BCUT2D eigenvalue weighted by molar-refractivity contribution is 6.00. The van der Waals surface area contributed by atoms with Crippen LogP contribution in [-0.2, 0) is 15.0 Å². The lowest BCUT2D eigenvalue weighted by molar-refractivity contribution is -0.124. The van der Waals surface area contributed by atoms with E-state index in [1.165, 1.54) is 37.3 Å². The van der Waals surface area contributed by atoms with Crippen molar-refractivity contribution in [3.8, 4) is 0 Å². The zero-order valence-electron chi connectivity index (χ0n) is 13.7. The third-order valence-corrected chi connectivity index (χ3v) is 4.57. The van der Waals surface area contributed by atoms with Gasteiger partial charge in [0.25, 0.3) is 0 Å². The smallest absolute Gasteiger partial charge is 0.235 e. The Kier molecular flexibility index (Phi) is 4.53. The molecule has 2 aromatic carbocycles. The SMILES string of the molecule is CC(=O)Nc1ccc(F)c(NC(=O)C2(c3ccc(F)cc3)CCC2)c1. The van der Waals surface area contributed by atoms with E-state index in [4.69, 9.17) is 0 Å². The number of nitrogens with one attached hydrogen (secondary N) is 2. The van der Waals surface area contributed by atoms with Crippen LogP contribution in [0.3, 0.4) is 0 Å². The number of hydrogen-bond acceptors (Lipinski definition) is 2. The fourth-order valence-corrected chi connectivity index (χ4v) is 3.09. The third-order valence-electron chi connectivity index (χ3n) is 4.57. The zero-order chi connectivity index (χ0) is 18.0. The molecular weight excluding hydrogens is 326 g/mol. The molecule has 2 N–H and O–H groups in total. The lowest BCUT2D eigenvalue weighted by Crippen LogP contribution is -2.46. The molecule has 6 heteroatoms. The molecule has 1 aliphatic carbocycles. The number of anilines is 2. The van der Waals surface area contributed by atoms with E-state index in [2.05, 4.69) is 10.6 Å². The molecule has 2 aromatic rings. The molecule has 0 heterocycles. The van der Waals surface area contributed by atoms with Gasteiger partial charge >= 0.3 is 0 Å². The van der Waals surface area contributed by atoms with Crippen LogP contribution >= 0.6 is 0 Å². The van der Waals surface area contributed by atoms with E-state index in [1.807, 2.05) is 0 Å². The second kappa shape index (κ2) is 6.63. The molecular formula is C19H18F2N2O2. The molecule has 1 aliphatic rings. The summed E-state index contributed by atoms with van der Waals surface area (Å²) < 4.78 is 27.2. The second-order valence-corrected chi connectivity index (χ2v) is 6.27. The normalized spacial score (nSPS) is 15.2. The van der Waals surface area contributed by atoms with Crippen LogP contribution in [-0.4, -0.2) is 11.8 Å². The Labute approximate surface area is 144 Å². The van der Waals surface area contributed by atoms with Gasteiger partial charge in [-0.25, -0.2) is 8.78 Å². The van der Waals surface area contributed by atoms with Gasteiger partial charge in [-0.05, 0) is 48.7 Å². The lowest BCUT2D eigenvalue weighted by atomic mass is 9.64. The Hall–Kier alpha value is -2.76. The number of benzene rings is 2. The number of carbonyl (C=O) groups excluding carboxylic acids is 2. The van der Waals surface area contributed by atoms with Crippen molar-refractivity contribution in [1.29, 1.82) is 0 Å². The van der Waals surface area contributed by atoms with Crippen LogP contribution < -0.4 is 10.6 Å². The first-order chi connectivity index (χ1) is 11.9. The molecule has 0 aromatic heterocycles. The highest BCUT2D eigenvalue weighted by Crippen LogP contribution is 2.44. The van der Waals surface area contributed by atoms with Crippen LogP contribution in [0.15, 0.2) is 42.5 Å². The number of hydrogen-bond donors (Lipinski definition) is 2. The van der Waals surface area contributed by atoms with Crippen LogP contribution in [0, 0.1) is 11.6 Å². The van der Waals surface area contributed by atoms with Crippen LogP contribution in [0.5, 0.6) is 0 Å². The minimum Gasteiger partial charge on any atom is -0.326 e. The number of amides is 2. The van der Waals surface area contributed by atoms with Gasteiger partial charge in [-0.1, -0.05) is 18.6 Å². The highest BCUT2D eigenvalue weighted by Gasteiger charge is 2.45. The molecule has 4 nitrogen and oxygen atoms in total. The van der Waals surface area contributed by atoms with Crippen LogP contribution in [0.25, 0.3) is 0 Å². The van der Waals surface area contributed by atoms with Gasteiger partial charge in [0, 0.05) is 12.6 Å². The molecule has 2 amide bonds. The van der Waals surface area contributed by atoms with E-state index >= 15 is 0 Å². The monoisotopic (exact) mass is 344 g/mol. The maximum absolute atomic E-state index is 14.1. The minimum atomic E-state index is -0.774. The summed E-state index contributed by atoms with van der Waals surface area (Å²) in [6, 6.07) is 9.82. The predicted octanol–water partition coefficient (Wildman–Crippen LogP) is 3.98. The van der Waals surface area contributed by atoms with Gasteiger partial charge in [-0.15, -0.1) is 0 Å². The van der Waals surface area contributed by atoms with Crippen LogP contribution in [0.1, 0.15) is 31.7 Å². The number of rotatable bonds is 4. The predicted molar refractivity (Wildman–Crippen MR) is 91.3 cm³/mol. The molecule has 0 radical (unpaired) electrons. The fraction of sp³-hybridized carbons (Fsp3) is 0.263. The molecule has 25 heavy (non-hydrogen) atoms. The average Bonchev–Trinajstić information content (AvgIpc) is 2.51. The van der Waals surface area contributed by atoms with Gasteiger partial charge in [-0.2, -0.15) is 0 Å². The molecule has 0 aliphatic heterocycles. The number of halogens is 2. The molecule has 3 rings (SSSR count). The molecule has 0 bridgehead atoms. The van der Waals surface area contributed by atoms with Crippen LogP contribution in [0.4, 0.5) is 20.2 Å². The summed E-state index contributed by atoms with van der Waals surface area (Å²) in [5, 5.41) is 5.17. The lowest BCUT2D eigenvalue weighted by Gasteiger charge is -2.40. The first-order valence-electron chi connectivity index (χ1n) is 8.05. The van der Waals surface area contributed by atoms with E-state index < -0.39 is 11.2 Å². The van der Waals surface area contributed by atoms with Gasteiger partial charge in [0.2, 0.25) is 11.8 Å². The maximum atomic E-state index is 14.1. The van der Waals surface area contributed by atoms with Crippen molar-refractivity contribution in [1.82, 2.24) is 0 Å². The quantitative estimate of drug-likeness (QED) is 0.881. The van der Waals surface area contributed by atoms with Gasteiger partial charge in [0.05, 0.1) is 11.1 Å². The molecule has 0 atom stereocenters. The topological polar surface area (TPSA) is 58.2 Å². The maximum Gasteiger partial charge on any atom is 0.235 e. The molecule has 1 saturated carbocycles. The van der Waals surface area contributed by atoms with Crippen molar-refractivity contribution in [3.05, 3.63) is 59.7 Å². The van der Waals surface area contributed by atoms with E-state index in [0.29, 0.717) is 18.5 Å². The summed E-state index contributed by atoms with van der Waals surface area (Å²) in [5.41, 5.74) is 0.346. The summed E-state index contributed by atoms with van der Waals surface area (Å²) >= 11 is 0. The molecule has 0 spiro atoms. The molecule has 0 unspecified atom stereocenters. The summed E-state index contributed by atoms with van der Waals surface area (Å²) in [7, 11) is 0. The van der Waals surface area contributed by atoms with E-state index in [0.717, 1.165) is 12.0 Å². The highest BCUT2D eigenvalue weighted by atomic mass is 19.1. The Bertz CT molecular complexity index is 815. The van der Waals surface area contributed by atoms with Crippen molar-refractivity contribution >= 4 is 23.2 Å². The largest absolute Gasteiger partial charge is 0.326 e. The Balaban J connectivity index is 1.85. The minimum absolute atomic E-state index is 0.00429. The summed E-state index contributed by atoms with van der Waals surface area (Å²) in [6.07, 6.45) is 2.12. The Morgan fingerprint density at radius 2 is 1.68 bits per heavy atom. The van der Waals surface area contributed by atoms with E-state index in [1.54, 1.807) is 12.1 Å². The summed E-state index contributed by atoms with van der Waals surface area (Å²) in [4.78, 5) is 24.0. The second-order valence-electron chi connectivity index (χ2n) is 6.27. The fourth-order valence-electron chi connectivity index (χ4n) is 3.09. The number of carbonyl (C=O) groups is 2. The summed E-state index contributed by atoms with van der Waals surface area (Å²) in [6.45, 7) is 1.35. The first kappa shape index (κ1) is 17.1. The first-order valence-corrected chi connectivity index (χ1v) is 8.05. The van der Waals surface area contributed by atoms with Crippen molar-refractivity contribution in [2.24, 2.45) is 0 Å². The average molecular weight is 344 g/mol. The van der Waals surface area contributed by atoms with E-state index in [9.17, 15) is 18.4 Å². The Morgan fingerprint density at radius 3 is 2.24 bits per heavy atom. The van der Waals surface area contributed by atoms with Gasteiger partial charge < -0.3 is 10.6 Å². The van der Waals surface area contributed by atoms with Gasteiger partial charge in [0.1, 0.15) is 11.6 Å². The van der Waals surface area contributed by atoms with Gasteiger partial charge in [0.15, 0.2) is 0 Å². The molecule has 0 saturated heterocycles. The molecule has 130 valence electrons.